The first-order chi connectivity index (χ1) is 17.6. The molecule has 3 aromatic rings. The van der Waals surface area contributed by atoms with Crippen LogP contribution in [0, 0.1) is 0 Å². The molecular weight excluding hydrogens is 503 g/mol. The number of alkyl halides is 3. The third-order valence-corrected chi connectivity index (χ3v) is 6.36. The van der Waals surface area contributed by atoms with Crippen molar-refractivity contribution in [3.05, 3.63) is 94.3 Å². The second kappa shape index (κ2) is 12.8. The Kier molecular flexibility index (Phi) is 9.80. The molecule has 2 aromatic carbocycles. The Bertz CT molecular complexity index is 1190. The van der Waals surface area contributed by atoms with Gasteiger partial charge in [-0.15, -0.1) is 0 Å². The van der Waals surface area contributed by atoms with Gasteiger partial charge in [0.2, 0.25) is 5.91 Å². The van der Waals surface area contributed by atoms with Crippen LogP contribution in [0.5, 0.6) is 0 Å². The summed E-state index contributed by atoms with van der Waals surface area (Å²) in [6.07, 6.45) is -0.943. The molecule has 0 bridgehead atoms. The summed E-state index contributed by atoms with van der Waals surface area (Å²) >= 11 is 5.93. The number of benzene rings is 2. The molecule has 9 heteroatoms. The minimum absolute atomic E-state index is 0.0734. The van der Waals surface area contributed by atoms with Gasteiger partial charge in [0.1, 0.15) is 6.54 Å². The van der Waals surface area contributed by atoms with Gasteiger partial charge in [0.05, 0.1) is 12.1 Å². The number of carbonyl (C=O) groups excluding carboxylic acids is 2. The van der Waals surface area contributed by atoms with E-state index in [1.54, 1.807) is 41.4 Å². The lowest BCUT2D eigenvalue weighted by Crippen LogP contribution is -2.43. The van der Waals surface area contributed by atoms with E-state index in [1.165, 1.54) is 11.0 Å². The van der Waals surface area contributed by atoms with Gasteiger partial charge in [0.15, 0.2) is 0 Å². The predicted molar refractivity (Wildman–Crippen MR) is 138 cm³/mol. The van der Waals surface area contributed by atoms with Crippen molar-refractivity contribution < 1.29 is 22.8 Å². The van der Waals surface area contributed by atoms with E-state index in [4.69, 9.17) is 11.6 Å². The Balaban J connectivity index is 1.74. The van der Waals surface area contributed by atoms with E-state index in [-0.39, 0.29) is 31.4 Å². The molecule has 2 amide bonds. The molecular formula is C28H31ClF3N3O2. The maximum absolute atomic E-state index is 13.3. The van der Waals surface area contributed by atoms with Crippen molar-refractivity contribution in [3.8, 4) is 0 Å². The average Bonchev–Trinajstić information content (AvgIpc) is 3.30. The quantitative estimate of drug-likeness (QED) is 0.282. The number of halogens is 4. The third kappa shape index (κ3) is 7.86. The number of nitrogens with zero attached hydrogens (tertiary/aromatic N) is 3. The van der Waals surface area contributed by atoms with Crippen LogP contribution in [-0.4, -0.2) is 45.8 Å². The molecule has 0 N–H and O–H groups in total. The molecule has 0 fully saturated rings. The van der Waals surface area contributed by atoms with Crippen LogP contribution < -0.4 is 0 Å². The molecule has 3 rings (SSSR count). The molecule has 5 nitrogen and oxygen atoms in total. The molecule has 37 heavy (non-hydrogen) atoms. The zero-order valence-corrected chi connectivity index (χ0v) is 21.7. The van der Waals surface area contributed by atoms with Gasteiger partial charge < -0.3 is 14.4 Å². The highest BCUT2D eigenvalue weighted by molar-refractivity contribution is 6.30. The van der Waals surface area contributed by atoms with Gasteiger partial charge >= 0.3 is 6.18 Å². The number of aromatic nitrogens is 1. The second-order valence-corrected chi connectivity index (χ2v) is 9.26. The van der Waals surface area contributed by atoms with Crippen molar-refractivity contribution in [2.45, 2.75) is 46.0 Å². The van der Waals surface area contributed by atoms with Crippen LogP contribution in [0.15, 0.2) is 66.9 Å². The van der Waals surface area contributed by atoms with Crippen molar-refractivity contribution in [2.24, 2.45) is 0 Å². The molecule has 1 aromatic heterocycles. The summed E-state index contributed by atoms with van der Waals surface area (Å²) in [5.41, 5.74) is 1.08. The summed E-state index contributed by atoms with van der Waals surface area (Å²) in [4.78, 5) is 29.5. The molecule has 0 unspecified atom stereocenters. The summed E-state index contributed by atoms with van der Waals surface area (Å²) < 4.78 is 41.3. The van der Waals surface area contributed by atoms with Crippen LogP contribution >= 0.6 is 11.6 Å². The van der Waals surface area contributed by atoms with E-state index >= 15 is 0 Å². The molecule has 0 atom stereocenters. The summed E-state index contributed by atoms with van der Waals surface area (Å²) in [5, 5.41) is 0.523. The average molecular weight is 534 g/mol. The first-order valence-corrected chi connectivity index (χ1v) is 12.6. The highest BCUT2D eigenvalue weighted by atomic mass is 35.5. The fraction of sp³-hybridized carbons (Fsp3) is 0.357. The summed E-state index contributed by atoms with van der Waals surface area (Å²) in [6, 6.07) is 15.5. The monoisotopic (exact) mass is 533 g/mol. The Labute approximate surface area is 220 Å². The zero-order valence-electron chi connectivity index (χ0n) is 21.0. The van der Waals surface area contributed by atoms with Crippen molar-refractivity contribution in [3.63, 3.8) is 0 Å². The van der Waals surface area contributed by atoms with Crippen LogP contribution in [0.25, 0.3) is 0 Å². The van der Waals surface area contributed by atoms with Gasteiger partial charge in [-0.2, -0.15) is 13.2 Å². The SMILES string of the molecule is CCCCN(Cc1cccn1Cc1cccc(C(F)(F)F)c1)C(=O)CN(CC)C(=O)c1ccc(Cl)cc1. The highest BCUT2D eigenvalue weighted by Crippen LogP contribution is 2.29. The molecule has 198 valence electrons. The number of hydrogen-bond donors (Lipinski definition) is 0. The fourth-order valence-electron chi connectivity index (χ4n) is 3.99. The lowest BCUT2D eigenvalue weighted by molar-refractivity contribution is -0.137. The number of likely N-dealkylation sites (N-methyl/N-ethyl adjacent to an activating group) is 1. The summed E-state index contributed by atoms with van der Waals surface area (Å²) in [5.74, 6) is -0.444. The second-order valence-electron chi connectivity index (χ2n) is 8.82. The van der Waals surface area contributed by atoms with Gasteiger partial charge in [-0.3, -0.25) is 9.59 Å². The van der Waals surface area contributed by atoms with Crippen LogP contribution in [-0.2, 0) is 24.1 Å². The third-order valence-electron chi connectivity index (χ3n) is 6.10. The first-order valence-electron chi connectivity index (χ1n) is 12.2. The van der Waals surface area contributed by atoms with E-state index in [2.05, 4.69) is 0 Å². The Morgan fingerprint density at radius 2 is 1.70 bits per heavy atom. The minimum atomic E-state index is -4.41. The van der Waals surface area contributed by atoms with Gasteiger partial charge in [-0.05, 0) is 67.4 Å². The van der Waals surface area contributed by atoms with Gasteiger partial charge in [0.25, 0.3) is 5.91 Å². The minimum Gasteiger partial charge on any atom is -0.345 e. The first kappa shape index (κ1) is 28.3. The molecule has 0 saturated carbocycles. The van der Waals surface area contributed by atoms with E-state index in [0.29, 0.717) is 29.2 Å². The fourth-order valence-corrected chi connectivity index (χ4v) is 4.12. The predicted octanol–water partition coefficient (Wildman–Crippen LogP) is 6.50. The number of amides is 2. The van der Waals surface area contributed by atoms with Gasteiger partial charge in [0, 0.05) is 42.1 Å². The Morgan fingerprint density at radius 3 is 2.35 bits per heavy atom. The maximum Gasteiger partial charge on any atom is 0.416 e. The molecule has 0 aliphatic carbocycles. The summed E-state index contributed by atoms with van der Waals surface area (Å²) in [6.45, 7) is 5.18. The molecule has 0 radical (unpaired) electrons. The standard InChI is InChI=1S/C28H31ClF3N3O2/c1-3-5-15-35(26(36)20-33(4-2)27(37)22-11-13-24(29)14-12-22)19-25-10-7-16-34(25)18-21-8-6-9-23(17-21)28(30,31)32/h6-14,16-17H,3-5,15,18-20H2,1-2H3. The number of rotatable bonds is 11. The van der Waals surface area contributed by atoms with Gasteiger partial charge in [-0.1, -0.05) is 37.1 Å². The molecule has 1 heterocycles. The van der Waals surface area contributed by atoms with E-state index in [0.717, 1.165) is 30.7 Å². The van der Waals surface area contributed by atoms with Crippen molar-refractivity contribution in [2.75, 3.05) is 19.6 Å². The smallest absolute Gasteiger partial charge is 0.345 e. The van der Waals surface area contributed by atoms with Crippen LogP contribution in [0.4, 0.5) is 13.2 Å². The van der Waals surface area contributed by atoms with Crippen LogP contribution in [0.2, 0.25) is 5.02 Å². The molecule has 0 spiro atoms. The maximum atomic E-state index is 13.3. The van der Waals surface area contributed by atoms with Crippen molar-refractivity contribution >= 4 is 23.4 Å². The summed E-state index contributed by atoms with van der Waals surface area (Å²) in [7, 11) is 0. The normalized spacial score (nSPS) is 11.4. The van der Waals surface area contributed by atoms with Crippen LogP contribution in [0.1, 0.15) is 53.9 Å². The molecule has 0 aliphatic heterocycles. The van der Waals surface area contributed by atoms with E-state index in [1.807, 2.05) is 30.5 Å². The lowest BCUT2D eigenvalue weighted by atomic mass is 10.1. The molecule has 0 saturated heterocycles. The van der Waals surface area contributed by atoms with E-state index in [9.17, 15) is 22.8 Å². The largest absolute Gasteiger partial charge is 0.416 e. The number of hydrogen-bond acceptors (Lipinski definition) is 2. The van der Waals surface area contributed by atoms with Crippen molar-refractivity contribution in [1.29, 1.82) is 0 Å². The van der Waals surface area contributed by atoms with E-state index < -0.39 is 11.7 Å². The zero-order chi connectivity index (χ0) is 27.0. The Hall–Kier alpha value is -3.26. The number of carbonyl (C=O) groups is 2. The van der Waals surface area contributed by atoms with Gasteiger partial charge in [-0.25, -0.2) is 0 Å². The highest BCUT2D eigenvalue weighted by Gasteiger charge is 2.30. The molecule has 0 aliphatic rings. The number of unbranched alkanes of at least 4 members (excludes halogenated alkanes) is 1. The van der Waals surface area contributed by atoms with Crippen molar-refractivity contribution in [1.82, 2.24) is 14.4 Å². The van der Waals surface area contributed by atoms with Crippen LogP contribution in [0.3, 0.4) is 0 Å². The lowest BCUT2D eigenvalue weighted by Gasteiger charge is -2.27. The Morgan fingerprint density at radius 1 is 0.973 bits per heavy atom. The topological polar surface area (TPSA) is 45.6 Å².